The van der Waals surface area contributed by atoms with Gasteiger partial charge in [0.1, 0.15) is 0 Å². The summed E-state index contributed by atoms with van der Waals surface area (Å²) in [6.07, 6.45) is 3.36. The first kappa shape index (κ1) is 19.6. The van der Waals surface area contributed by atoms with Crippen molar-refractivity contribution < 1.29 is 17.9 Å². The SMILES string of the molecule is COC1CCN(S(=O)(=O)NCC2CCN(C(=O)C(C)C)CC2)CC1. The number of hydrogen-bond donors (Lipinski definition) is 1. The molecule has 0 aromatic rings. The van der Waals surface area contributed by atoms with Crippen molar-refractivity contribution in [2.24, 2.45) is 11.8 Å². The number of likely N-dealkylation sites (tertiary alicyclic amines) is 1. The van der Waals surface area contributed by atoms with Gasteiger partial charge in [0.2, 0.25) is 5.91 Å². The number of nitrogens with zero attached hydrogens (tertiary/aromatic N) is 2. The van der Waals surface area contributed by atoms with E-state index in [0.717, 1.165) is 38.8 Å². The van der Waals surface area contributed by atoms with Gasteiger partial charge < -0.3 is 9.64 Å². The second kappa shape index (κ2) is 8.60. The van der Waals surface area contributed by atoms with Crippen molar-refractivity contribution in [1.82, 2.24) is 13.9 Å². The normalized spacial score (nSPS) is 22.2. The van der Waals surface area contributed by atoms with Gasteiger partial charge in [0.05, 0.1) is 6.10 Å². The second-order valence-electron chi connectivity index (χ2n) is 7.11. The molecular weight excluding hydrogens is 330 g/mol. The van der Waals surface area contributed by atoms with Crippen LogP contribution in [0.4, 0.5) is 0 Å². The summed E-state index contributed by atoms with van der Waals surface area (Å²) in [5.74, 6) is 0.512. The van der Waals surface area contributed by atoms with Gasteiger partial charge in [-0.25, -0.2) is 4.72 Å². The van der Waals surface area contributed by atoms with Crippen LogP contribution in [0.15, 0.2) is 0 Å². The molecular formula is C16H31N3O4S. The van der Waals surface area contributed by atoms with Crippen molar-refractivity contribution in [2.45, 2.75) is 45.6 Å². The molecule has 0 saturated carbocycles. The first-order valence-corrected chi connectivity index (χ1v) is 10.3. The minimum Gasteiger partial charge on any atom is -0.381 e. The lowest BCUT2D eigenvalue weighted by atomic mass is 9.96. The van der Waals surface area contributed by atoms with E-state index in [0.29, 0.717) is 25.6 Å². The lowest BCUT2D eigenvalue weighted by molar-refractivity contribution is -0.135. The maximum absolute atomic E-state index is 12.4. The van der Waals surface area contributed by atoms with Crippen LogP contribution >= 0.6 is 0 Å². The van der Waals surface area contributed by atoms with Crippen LogP contribution in [0.5, 0.6) is 0 Å². The summed E-state index contributed by atoms with van der Waals surface area (Å²) < 4.78 is 34.3. The zero-order chi connectivity index (χ0) is 17.7. The summed E-state index contributed by atoms with van der Waals surface area (Å²) in [5.41, 5.74) is 0. The number of methoxy groups -OCH3 is 1. The molecule has 0 radical (unpaired) electrons. The molecule has 1 amide bonds. The summed E-state index contributed by atoms with van der Waals surface area (Å²) >= 11 is 0. The van der Waals surface area contributed by atoms with Gasteiger partial charge in [-0.2, -0.15) is 12.7 Å². The summed E-state index contributed by atoms with van der Waals surface area (Å²) in [6.45, 7) is 6.75. The number of carbonyl (C=O) groups is 1. The van der Waals surface area contributed by atoms with Crippen LogP contribution in [0.2, 0.25) is 0 Å². The molecule has 2 heterocycles. The van der Waals surface area contributed by atoms with Gasteiger partial charge in [-0.3, -0.25) is 4.79 Å². The number of ether oxygens (including phenoxy) is 1. The fourth-order valence-electron chi connectivity index (χ4n) is 3.35. The Balaban J connectivity index is 1.75. The van der Waals surface area contributed by atoms with E-state index in [9.17, 15) is 13.2 Å². The Hall–Kier alpha value is -0.700. The Labute approximate surface area is 145 Å². The molecule has 8 heteroatoms. The summed E-state index contributed by atoms with van der Waals surface area (Å²) in [7, 11) is -1.74. The molecule has 0 aromatic heterocycles. The smallest absolute Gasteiger partial charge is 0.279 e. The van der Waals surface area contributed by atoms with E-state index in [4.69, 9.17) is 4.74 Å². The Morgan fingerprint density at radius 3 is 2.21 bits per heavy atom. The number of rotatable bonds is 6. The maximum Gasteiger partial charge on any atom is 0.279 e. The zero-order valence-corrected chi connectivity index (χ0v) is 15.8. The zero-order valence-electron chi connectivity index (χ0n) is 15.0. The van der Waals surface area contributed by atoms with Crippen LogP contribution in [-0.4, -0.2) is 69.5 Å². The lowest BCUT2D eigenvalue weighted by Crippen LogP contribution is -2.48. The fraction of sp³-hybridized carbons (Fsp3) is 0.938. The molecule has 0 spiro atoms. The maximum atomic E-state index is 12.4. The molecule has 0 atom stereocenters. The number of amides is 1. The number of nitrogens with one attached hydrogen (secondary N) is 1. The van der Waals surface area contributed by atoms with Crippen LogP contribution in [-0.2, 0) is 19.7 Å². The minimum absolute atomic E-state index is 0.0232. The topological polar surface area (TPSA) is 79.0 Å². The molecule has 0 aliphatic carbocycles. The first-order chi connectivity index (χ1) is 11.3. The number of hydrogen-bond acceptors (Lipinski definition) is 4. The van der Waals surface area contributed by atoms with Crippen LogP contribution in [0.3, 0.4) is 0 Å². The van der Waals surface area contributed by atoms with Crippen LogP contribution in [0.1, 0.15) is 39.5 Å². The predicted octanol–water partition coefficient (Wildman–Crippen LogP) is 0.826. The molecule has 0 aromatic carbocycles. The van der Waals surface area contributed by atoms with Gasteiger partial charge in [0, 0.05) is 45.8 Å². The molecule has 2 rings (SSSR count). The standard InChI is InChI=1S/C16H31N3O4S/c1-13(2)16(20)18-8-4-14(5-9-18)12-17-24(21,22)19-10-6-15(23-3)7-11-19/h13-15,17H,4-12H2,1-3H3. The summed E-state index contributed by atoms with van der Waals surface area (Å²) in [5, 5.41) is 0. The van der Waals surface area contributed by atoms with Crippen molar-refractivity contribution in [3.8, 4) is 0 Å². The van der Waals surface area contributed by atoms with Gasteiger partial charge >= 0.3 is 0 Å². The van der Waals surface area contributed by atoms with Crippen molar-refractivity contribution in [2.75, 3.05) is 39.8 Å². The van der Waals surface area contributed by atoms with E-state index in [1.165, 1.54) is 4.31 Å². The Morgan fingerprint density at radius 1 is 1.12 bits per heavy atom. The molecule has 140 valence electrons. The van der Waals surface area contributed by atoms with E-state index in [1.807, 2.05) is 18.7 Å². The monoisotopic (exact) mass is 361 g/mol. The fourth-order valence-corrected chi connectivity index (χ4v) is 4.67. The van der Waals surface area contributed by atoms with Crippen LogP contribution < -0.4 is 4.72 Å². The quantitative estimate of drug-likeness (QED) is 0.760. The van der Waals surface area contributed by atoms with Crippen molar-refractivity contribution in [3.63, 3.8) is 0 Å². The first-order valence-electron chi connectivity index (χ1n) is 8.89. The third kappa shape index (κ3) is 5.15. The minimum atomic E-state index is -3.41. The predicted molar refractivity (Wildman–Crippen MR) is 92.7 cm³/mol. The van der Waals surface area contributed by atoms with Crippen molar-refractivity contribution in [3.05, 3.63) is 0 Å². The molecule has 0 bridgehead atoms. The van der Waals surface area contributed by atoms with E-state index >= 15 is 0 Å². The highest BCUT2D eigenvalue weighted by atomic mass is 32.2. The van der Waals surface area contributed by atoms with Gasteiger partial charge in [-0.05, 0) is 31.6 Å². The molecule has 2 saturated heterocycles. The van der Waals surface area contributed by atoms with Gasteiger partial charge in [-0.15, -0.1) is 0 Å². The average Bonchev–Trinajstić information content (AvgIpc) is 2.60. The summed E-state index contributed by atoms with van der Waals surface area (Å²) in [4.78, 5) is 13.9. The Kier molecular flexibility index (Phi) is 7.03. The third-order valence-electron chi connectivity index (χ3n) is 5.05. The molecule has 0 unspecified atom stereocenters. The highest BCUT2D eigenvalue weighted by Crippen LogP contribution is 2.19. The number of carbonyl (C=O) groups excluding carboxylic acids is 1. The average molecular weight is 362 g/mol. The van der Waals surface area contributed by atoms with Crippen molar-refractivity contribution in [1.29, 1.82) is 0 Å². The highest BCUT2D eigenvalue weighted by molar-refractivity contribution is 7.87. The highest BCUT2D eigenvalue weighted by Gasteiger charge is 2.29. The summed E-state index contributed by atoms with van der Waals surface area (Å²) in [6, 6.07) is 0. The molecule has 2 fully saturated rings. The van der Waals surface area contributed by atoms with Crippen molar-refractivity contribution >= 4 is 16.1 Å². The van der Waals surface area contributed by atoms with Gasteiger partial charge in [-0.1, -0.05) is 13.8 Å². The van der Waals surface area contributed by atoms with Gasteiger partial charge in [0.15, 0.2) is 0 Å². The Morgan fingerprint density at radius 2 is 1.71 bits per heavy atom. The van der Waals surface area contributed by atoms with Gasteiger partial charge in [0.25, 0.3) is 10.2 Å². The van der Waals surface area contributed by atoms with E-state index in [-0.39, 0.29) is 17.9 Å². The van der Waals surface area contributed by atoms with Crippen LogP contribution in [0, 0.1) is 11.8 Å². The molecule has 1 N–H and O–H groups in total. The largest absolute Gasteiger partial charge is 0.381 e. The number of piperidine rings is 2. The Bertz CT molecular complexity index is 507. The molecule has 7 nitrogen and oxygen atoms in total. The van der Waals surface area contributed by atoms with Crippen LogP contribution in [0.25, 0.3) is 0 Å². The van der Waals surface area contributed by atoms with E-state index in [1.54, 1.807) is 7.11 Å². The molecule has 24 heavy (non-hydrogen) atoms. The van der Waals surface area contributed by atoms with E-state index in [2.05, 4.69) is 4.72 Å². The van der Waals surface area contributed by atoms with E-state index < -0.39 is 10.2 Å². The molecule has 2 aliphatic rings. The second-order valence-corrected chi connectivity index (χ2v) is 8.87. The third-order valence-corrected chi connectivity index (χ3v) is 6.63. The lowest BCUT2D eigenvalue weighted by Gasteiger charge is -2.34. The molecule has 2 aliphatic heterocycles.